The Bertz CT molecular complexity index is 3030. The first kappa shape index (κ1) is 24.5. The van der Waals surface area contributed by atoms with Crippen LogP contribution in [0.25, 0.3) is 97.1 Å². The highest BCUT2D eigenvalue weighted by Gasteiger charge is 2.22. The average Bonchev–Trinajstić information content (AvgIpc) is 3.85. The monoisotopic (exact) mass is 604 g/mol. The van der Waals surface area contributed by atoms with Gasteiger partial charge in [0.15, 0.2) is 0 Å². The molecule has 46 heavy (non-hydrogen) atoms. The molecule has 3 nitrogen and oxygen atoms in total. The van der Waals surface area contributed by atoms with Crippen molar-refractivity contribution in [1.82, 2.24) is 9.13 Å². The van der Waals surface area contributed by atoms with Crippen LogP contribution in [-0.4, -0.2) is 9.13 Å². The van der Waals surface area contributed by atoms with Gasteiger partial charge in [-0.2, -0.15) is 0 Å². The summed E-state index contributed by atoms with van der Waals surface area (Å²) < 4.78 is 14.5. The first-order valence-corrected chi connectivity index (χ1v) is 16.4. The van der Waals surface area contributed by atoms with Gasteiger partial charge >= 0.3 is 0 Å². The van der Waals surface area contributed by atoms with Crippen molar-refractivity contribution in [2.45, 2.75) is 0 Å². The normalized spacial score (nSPS) is 12.3. The van der Waals surface area contributed by atoms with Gasteiger partial charge in [0, 0.05) is 53.1 Å². The van der Waals surface area contributed by atoms with Gasteiger partial charge in [-0.25, -0.2) is 0 Å². The van der Waals surface area contributed by atoms with Gasteiger partial charge in [0.2, 0.25) is 0 Å². The number of thiophene rings is 1. The third kappa shape index (κ3) is 3.11. The van der Waals surface area contributed by atoms with Crippen molar-refractivity contribution < 1.29 is 4.42 Å². The molecule has 4 heteroatoms. The number of para-hydroxylation sites is 3. The summed E-state index contributed by atoms with van der Waals surface area (Å²) in [7, 11) is 0. The van der Waals surface area contributed by atoms with E-state index >= 15 is 0 Å². The molecular weight excluding hydrogens is 581 g/mol. The lowest BCUT2D eigenvalue weighted by Gasteiger charge is -2.08. The Morgan fingerprint density at radius 2 is 0.913 bits per heavy atom. The highest BCUT2D eigenvalue weighted by Crippen LogP contribution is 2.45. The van der Waals surface area contributed by atoms with Crippen LogP contribution < -0.4 is 0 Å². The Labute approximate surface area is 266 Å². The molecule has 0 spiro atoms. The smallest absolute Gasteiger partial charge is 0.145 e. The molecule has 0 radical (unpaired) electrons. The minimum absolute atomic E-state index is 0.938. The summed E-state index contributed by atoms with van der Waals surface area (Å²) in [6.45, 7) is 0. The fourth-order valence-electron chi connectivity index (χ4n) is 7.78. The van der Waals surface area contributed by atoms with E-state index < -0.39 is 0 Å². The average molecular weight is 605 g/mol. The molecule has 0 atom stereocenters. The van der Waals surface area contributed by atoms with Crippen molar-refractivity contribution in [2.75, 3.05) is 0 Å². The van der Waals surface area contributed by atoms with E-state index in [9.17, 15) is 0 Å². The van der Waals surface area contributed by atoms with E-state index in [-0.39, 0.29) is 0 Å². The molecule has 11 rings (SSSR count). The molecule has 0 saturated heterocycles. The summed E-state index contributed by atoms with van der Waals surface area (Å²) in [5, 5.41) is 9.58. The molecule has 4 heterocycles. The van der Waals surface area contributed by atoms with Gasteiger partial charge in [-0.3, -0.25) is 0 Å². The summed E-state index contributed by atoms with van der Waals surface area (Å²) in [6.07, 6.45) is 0. The van der Waals surface area contributed by atoms with Gasteiger partial charge in [-0.15, -0.1) is 11.3 Å². The van der Waals surface area contributed by atoms with Crippen molar-refractivity contribution in [2.24, 2.45) is 0 Å². The summed E-state index contributed by atoms with van der Waals surface area (Å²) >= 11 is 1.85. The van der Waals surface area contributed by atoms with E-state index in [0.29, 0.717) is 0 Å². The highest BCUT2D eigenvalue weighted by molar-refractivity contribution is 7.25. The SMILES string of the molecule is c1ccc(-n2c3ccccc3c3c4oc5c(ccc6c5c5ccccc5n6-c5ccc6sc7ccccc7c6c5)c4ccc32)cc1. The Kier molecular flexibility index (Phi) is 4.72. The van der Waals surface area contributed by atoms with Crippen LogP contribution in [0.5, 0.6) is 0 Å². The van der Waals surface area contributed by atoms with Crippen LogP contribution in [0.15, 0.2) is 150 Å². The molecule has 0 fully saturated rings. The van der Waals surface area contributed by atoms with Crippen molar-refractivity contribution in [3.05, 3.63) is 146 Å². The minimum atomic E-state index is 0.938. The lowest BCUT2D eigenvalue weighted by atomic mass is 10.1. The summed E-state index contributed by atoms with van der Waals surface area (Å²) in [4.78, 5) is 0. The van der Waals surface area contributed by atoms with Gasteiger partial charge < -0.3 is 13.6 Å². The van der Waals surface area contributed by atoms with Crippen LogP contribution >= 0.6 is 11.3 Å². The number of hydrogen-bond acceptors (Lipinski definition) is 2. The molecular formula is C42H24N2OS. The molecule has 0 N–H and O–H groups in total. The maximum Gasteiger partial charge on any atom is 0.145 e. The second kappa shape index (κ2) is 8.87. The number of fused-ring (bicyclic) bond motifs is 14. The van der Waals surface area contributed by atoms with Crippen molar-refractivity contribution in [1.29, 1.82) is 0 Å². The molecule has 0 unspecified atom stereocenters. The van der Waals surface area contributed by atoms with Gasteiger partial charge in [-0.1, -0.05) is 72.8 Å². The molecule has 0 aliphatic rings. The molecule has 0 saturated carbocycles. The van der Waals surface area contributed by atoms with E-state index in [1.807, 2.05) is 11.3 Å². The second-order valence-corrected chi connectivity index (χ2v) is 13.2. The molecule has 0 bridgehead atoms. The van der Waals surface area contributed by atoms with Gasteiger partial charge in [0.25, 0.3) is 0 Å². The van der Waals surface area contributed by atoms with Crippen molar-refractivity contribution in [3.8, 4) is 11.4 Å². The third-order valence-electron chi connectivity index (χ3n) is 9.71. The molecule has 214 valence electrons. The second-order valence-electron chi connectivity index (χ2n) is 12.1. The lowest BCUT2D eigenvalue weighted by Crippen LogP contribution is -1.93. The van der Waals surface area contributed by atoms with E-state index in [1.54, 1.807) is 0 Å². The Balaban J connectivity index is 1.26. The Hall–Kier alpha value is -5.84. The van der Waals surface area contributed by atoms with Crippen molar-refractivity contribution in [3.63, 3.8) is 0 Å². The summed E-state index contributed by atoms with van der Waals surface area (Å²) in [5.74, 6) is 0. The molecule has 0 amide bonds. The Morgan fingerprint density at radius 1 is 0.370 bits per heavy atom. The van der Waals surface area contributed by atoms with Crippen LogP contribution in [-0.2, 0) is 0 Å². The van der Waals surface area contributed by atoms with E-state index in [4.69, 9.17) is 4.42 Å². The molecule has 0 aliphatic carbocycles. The van der Waals surface area contributed by atoms with Crippen LogP contribution in [0.1, 0.15) is 0 Å². The number of nitrogens with zero attached hydrogens (tertiary/aromatic N) is 2. The standard InChI is InChI=1S/C42H24N2OS/c1-2-10-25(11-3-1)43-33-15-7-4-13-30(33)39-35(43)21-19-28-29-20-22-36-40(42(29)45-41(28)39)31-14-5-8-16-34(31)44(36)26-18-23-38-32(24-26)27-12-6-9-17-37(27)46-38/h1-24H. The van der Waals surface area contributed by atoms with Gasteiger partial charge in [0.1, 0.15) is 11.2 Å². The predicted molar refractivity (Wildman–Crippen MR) is 195 cm³/mol. The van der Waals surface area contributed by atoms with Gasteiger partial charge in [-0.05, 0) is 72.8 Å². The molecule has 0 aliphatic heterocycles. The topological polar surface area (TPSA) is 23.0 Å². The van der Waals surface area contributed by atoms with Crippen LogP contribution in [0.3, 0.4) is 0 Å². The van der Waals surface area contributed by atoms with E-state index in [0.717, 1.165) is 55.1 Å². The number of aromatic nitrogens is 2. The lowest BCUT2D eigenvalue weighted by molar-refractivity contribution is 0.677. The fourth-order valence-corrected chi connectivity index (χ4v) is 8.87. The third-order valence-corrected chi connectivity index (χ3v) is 10.9. The van der Waals surface area contributed by atoms with Crippen molar-refractivity contribution >= 4 is 97.1 Å². The van der Waals surface area contributed by atoms with E-state index in [2.05, 4.69) is 155 Å². The predicted octanol–water partition coefficient (Wildman–Crippen LogP) is 12.1. The fraction of sp³-hybridized carbons (Fsp3) is 0. The maximum atomic E-state index is 7.08. The largest absolute Gasteiger partial charge is 0.455 e. The zero-order chi connectivity index (χ0) is 29.9. The van der Waals surface area contributed by atoms with Crippen LogP contribution in [0.4, 0.5) is 0 Å². The van der Waals surface area contributed by atoms with Crippen LogP contribution in [0.2, 0.25) is 0 Å². The first-order chi connectivity index (χ1) is 22.8. The number of rotatable bonds is 2. The zero-order valence-electron chi connectivity index (χ0n) is 24.6. The quantitative estimate of drug-likeness (QED) is 0.192. The number of benzene rings is 7. The number of furan rings is 1. The summed E-state index contributed by atoms with van der Waals surface area (Å²) in [5.41, 5.74) is 8.83. The maximum absolute atomic E-state index is 7.08. The summed E-state index contributed by atoms with van der Waals surface area (Å²) in [6, 6.07) is 52.6. The first-order valence-electron chi connectivity index (χ1n) is 15.6. The van der Waals surface area contributed by atoms with Gasteiger partial charge in [0.05, 0.1) is 32.8 Å². The number of hydrogen-bond donors (Lipinski definition) is 0. The van der Waals surface area contributed by atoms with Crippen LogP contribution in [0, 0.1) is 0 Å². The zero-order valence-corrected chi connectivity index (χ0v) is 25.4. The highest BCUT2D eigenvalue weighted by atomic mass is 32.1. The van der Waals surface area contributed by atoms with E-state index in [1.165, 1.54) is 42.0 Å². The molecule has 4 aromatic heterocycles. The minimum Gasteiger partial charge on any atom is -0.455 e. The molecule has 11 aromatic rings. The molecule has 7 aromatic carbocycles. The Morgan fingerprint density at radius 3 is 1.59 bits per heavy atom.